The number of nitrogens with zero attached hydrogens (tertiary/aromatic N) is 1. The second-order valence-corrected chi connectivity index (χ2v) is 5.08. The number of carbonyl (C=O) groups is 1. The van der Waals surface area contributed by atoms with E-state index in [0.717, 1.165) is 5.69 Å². The van der Waals surface area contributed by atoms with Crippen LogP contribution in [-0.2, 0) is 11.3 Å². The fourth-order valence-electron chi connectivity index (χ4n) is 1.74. The minimum atomic E-state index is -0.306. The first kappa shape index (κ1) is 14.6. The van der Waals surface area contributed by atoms with Gasteiger partial charge in [-0.1, -0.05) is 29.3 Å². The number of anilines is 1. The fraction of sp³-hybridized carbons (Fsp3) is 0.143. The second kappa shape index (κ2) is 6.11. The molecule has 2 aromatic rings. The van der Waals surface area contributed by atoms with E-state index in [4.69, 9.17) is 23.2 Å². The number of hydrogen-bond acceptors (Lipinski definition) is 2. The van der Waals surface area contributed by atoms with Gasteiger partial charge in [0.15, 0.2) is 0 Å². The highest BCUT2D eigenvalue weighted by molar-refractivity contribution is 6.42. The predicted molar refractivity (Wildman–Crippen MR) is 80.5 cm³/mol. The zero-order valence-corrected chi connectivity index (χ0v) is 12.2. The van der Waals surface area contributed by atoms with E-state index in [0.29, 0.717) is 15.7 Å². The largest absolute Gasteiger partial charge is 0.324 e. The third-order valence-electron chi connectivity index (χ3n) is 2.77. The zero-order valence-electron chi connectivity index (χ0n) is 10.7. The molecule has 0 unspecified atom stereocenters. The Labute approximate surface area is 125 Å². The topological polar surface area (TPSA) is 51.1 Å². The van der Waals surface area contributed by atoms with Gasteiger partial charge in [0.1, 0.15) is 6.54 Å². The molecule has 2 rings (SSSR count). The Morgan fingerprint density at radius 3 is 2.60 bits per heavy atom. The SMILES string of the molecule is Cc1cccc(=O)n1CC(=O)Nc1ccc(Cl)c(Cl)c1. The van der Waals surface area contributed by atoms with Gasteiger partial charge >= 0.3 is 0 Å². The summed E-state index contributed by atoms with van der Waals surface area (Å²) in [5.74, 6) is -0.306. The Hall–Kier alpha value is -1.78. The van der Waals surface area contributed by atoms with Gasteiger partial charge in [-0.25, -0.2) is 0 Å². The number of aromatic nitrogens is 1. The van der Waals surface area contributed by atoms with Crippen LogP contribution in [0.3, 0.4) is 0 Å². The van der Waals surface area contributed by atoms with Gasteiger partial charge in [-0.3, -0.25) is 9.59 Å². The minimum Gasteiger partial charge on any atom is -0.324 e. The molecule has 104 valence electrons. The average Bonchev–Trinajstić information content (AvgIpc) is 2.38. The second-order valence-electron chi connectivity index (χ2n) is 4.27. The summed E-state index contributed by atoms with van der Waals surface area (Å²) in [5.41, 5.74) is 1.04. The predicted octanol–water partition coefficient (Wildman–Crippen LogP) is 3.10. The lowest BCUT2D eigenvalue weighted by molar-refractivity contribution is -0.116. The number of nitrogens with one attached hydrogen (secondary N) is 1. The van der Waals surface area contributed by atoms with E-state index < -0.39 is 0 Å². The van der Waals surface area contributed by atoms with Gasteiger partial charge in [-0.05, 0) is 31.2 Å². The number of amides is 1. The standard InChI is InChI=1S/C14H12Cl2N2O2/c1-9-3-2-4-14(20)18(9)8-13(19)17-10-5-6-11(15)12(16)7-10/h2-7H,8H2,1H3,(H,17,19). The van der Waals surface area contributed by atoms with Gasteiger partial charge in [0, 0.05) is 17.4 Å². The highest BCUT2D eigenvalue weighted by Gasteiger charge is 2.08. The molecule has 0 aliphatic rings. The maximum absolute atomic E-state index is 11.9. The summed E-state index contributed by atoms with van der Waals surface area (Å²) in [6, 6.07) is 9.65. The van der Waals surface area contributed by atoms with Crippen molar-refractivity contribution in [2.75, 3.05) is 5.32 Å². The lowest BCUT2D eigenvalue weighted by atomic mass is 10.3. The molecular weight excluding hydrogens is 299 g/mol. The van der Waals surface area contributed by atoms with E-state index in [9.17, 15) is 9.59 Å². The molecule has 1 aromatic carbocycles. The molecule has 0 saturated carbocycles. The van der Waals surface area contributed by atoms with Crippen molar-refractivity contribution >= 4 is 34.8 Å². The lowest BCUT2D eigenvalue weighted by Crippen LogP contribution is -2.28. The summed E-state index contributed by atoms with van der Waals surface area (Å²) >= 11 is 11.7. The maximum Gasteiger partial charge on any atom is 0.251 e. The number of halogens is 2. The van der Waals surface area contributed by atoms with Crippen LogP contribution in [0.4, 0.5) is 5.69 Å². The van der Waals surface area contributed by atoms with Gasteiger partial charge in [0.25, 0.3) is 5.56 Å². The van der Waals surface area contributed by atoms with Crippen LogP contribution in [-0.4, -0.2) is 10.5 Å². The molecule has 4 nitrogen and oxygen atoms in total. The molecule has 0 bridgehead atoms. The van der Waals surface area contributed by atoms with Crippen LogP contribution >= 0.6 is 23.2 Å². The zero-order chi connectivity index (χ0) is 14.7. The molecular formula is C14H12Cl2N2O2. The van der Waals surface area contributed by atoms with E-state index in [1.54, 1.807) is 37.3 Å². The van der Waals surface area contributed by atoms with E-state index in [1.807, 2.05) is 0 Å². The van der Waals surface area contributed by atoms with Crippen molar-refractivity contribution in [2.45, 2.75) is 13.5 Å². The van der Waals surface area contributed by atoms with Gasteiger partial charge in [-0.15, -0.1) is 0 Å². The molecule has 1 amide bonds. The van der Waals surface area contributed by atoms with E-state index in [-0.39, 0.29) is 18.0 Å². The fourth-order valence-corrected chi connectivity index (χ4v) is 2.04. The lowest BCUT2D eigenvalue weighted by Gasteiger charge is -2.10. The van der Waals surface area contributed by atoms with Crippen LogP contribution < -0.4 is 10.9 Å². The Morgan fingerprint density at radius 2 is 1.95 bits per heavy atom. The summed E-state index contributed by atoms with van der Waals surface area (Å²) in [4.78, 5) is 23.6. The molecule has 0 spiro atoms. The number of carbonyl (C=O) groups excluding carboxylic acids is 1. The molecule has 0 aliphatic carbocycles. The number of pyridine rings is 1. The van der Waals surface area contributed by atoms with Crippen molar-refractivity contribution in [1.29, 1.82) is 0 Å². The van der Waals surface area contributed by atoms with Crippen molar-refractivity contribution in [3.63, 3.8) is 0 Å². The summed E-state index contributed by atoms with van der Waals surface area (Å²) in [5, 5.41) is 3.45. The Bertz CT molecular complexity index is 711. The first-order valence-corrected chi connectivity index (χ1v) is 6.64. The molecule has 0 atom stereocenters. The molecule has 1 heterocycles. The van der Waals surface area contributed by atoms with Crippen molar-refractivity contribution in [3.8, 4) is 0 Å². The monoisotopic (exact) mass is 310 g/mol. The van der Waals surface area contributed by atoms with Gasteiger partial charge in [0.2, 0.25) is 5.91 Å². The van der Waals surface area contributed by atoms with Gasteiger partial charge in [-0.2, -0.15) is 0 Å². The molecule has 0 saturated heterocycles. The highest BCUT2D eigenvalue weighted by atomic mass is 35.5. The molecule has 1 N–H and O–H groups in total. The summed E-state index contributed by atoms with van der Waals surface area (Å²) in [7, 11) is 0. The van der Waals surface area contributed by atoms with Crippen molar-refractivity contribution in [1.82, 2.24) is 4.57 Å². The van der Waals surface area contributed by atoms with Crippen molar-refractivity contribution in [2.24, 2.45) is 0 Å². The van der Waals surface area contributed by atoms with Crippen LogP contribution in [0.2, 0.25) is 10.0 Å². The molecule has 0 radical (unpaired) electrons. The minimum absolute atomic E-state index is 0.0498. The van der Waals surface area contributed by atoms with Crippen LogP contribution in [0.1, 0.15) is 5.69 Å². The first-order chi connectivity index (χ1) is 9.47. The van der Waals surface area contributed by atoms with Crippen LogP contribution in [0.25, 0.3) is 0 Å². The molecule has 20 heavy (non-hydrogen) atoms. The molecule has 0 fully saturated rings. The third-order valence-corrected chi connectivity index (χ3v) is 3.51. The number of aryl methyl sites for hydroxylation is 1. The summed E-state index contributed by atoms with van der Waals surface area (Å²) in [6.07, 6.45) is 0. The van der Waals surface area contributed by atoms with Crippen LogP contribution in [0.15, 0.2) is 41.2 Å². The quantitative estimate of drug-likeness (QED) is 0.947. The molecule has 6 heteroatoms. The van der Waals surface area contributed by atoms with Crippen molar-refractivity contribution in [3.05, 3.63) is 62.5 Å². The smallest absolute Gasteiger partial charge is 0.251 e. The number of hydrogen-bond donors (Lipinski definition) is 1. The Kier molecular flexibility index (Phi) is 4.47. The molecule has 1 aromatic heterocycles. The third kappa shape index (κ3) is 3.40. The van der Waals surface area contributed by atoms with Crippen molar-refractivity contribution < 1.29 is 4.79 Å². The molecule has 0 aliphatic heterocycles. The van der Waals surface area contributed by atoms with E-state index >= 15 is 0 Å². The first-order valence-electron chi connectivity index (χ1n) is 5.89. The van der Waals surface area contributed by atoms with Gasteiger partial charge in [0.05, 0.1) is 10.0 Å². The van der Waals surface area contributed by atoms with Gasteiger partial charge < -0.3 is 9.88 Å². The normalized spacial score (nSPS) is 10.3. The number of benzene rings is 1. The summed E-state index contributed by atoms with van der Waals surface area (Å²) in [6.45, 7) is 1.72. The maximum atomic E-state index is 11.9. The van der Waals surface area contributed by atoms with Crippen LogP contribution in [0.5, 0.6) is 0 Å². The Balaban J connectivity index is 2.13. The van der Waals surface area contributed by atoms with Crippen LogP contribution in [0, 0.1) is 6.92 Å². The summed E-state index contributed by atoms with van der Waals surface area (Å²) < 4.78 is 1.40. The Morgan fingerprint density at radius 1 is 1.20 bits per heavy atom. The van der Waals surface area contributed by atoms with E-state index in [2.05, 4.69) is 5.32 Å². The number of rotatable bonds is 3. The highest BCUT2D eigenvalue weighted by Crippen LogP contribution is 2.24. The average molecular weight is 311 g/mol. The van der Waals surface area contributed by atoms with E-state index in [1.165, 1.54) is 10.6 Å².